The minimum atomic E-state index is -1.03. The summed E-state index contributed by atoms with van der Waals surface area (Å²) in [6, 6.07) is 15.1. The molecule has 2 rings (SSSR count). The highest BCUT2D eigenvalue weighted by atomic mass is 35.5. The Bertz CT molecular complexity index is 552. The monoisotopic (exact) mass is 262 g/mol. The fourth-order valence-electron chi connectivity index (χ4n) is 1.57. The maximum atomic E-state index is 10.4. The van der Waals surface area contributed by atoms with Crippen LogP contribution < -0.4 is 4.74 Å². The van der Waals surface area contributed by atoms with Crippen LogP contribution in [-0.2, 0) is 4.79 Å². The number of ether oxygens (including phenoxy) is 1. The molecule has 0 amide bonds. The molecule has 0 unspecified atom stereocenters. The van der Waals surface area contributed by atoms with Crippen LogP contribution in [0.15, 0.2) is 48.5 Å². The topological polar surface area (TPSA) is 46.5 Å². The van der Waals surface area contributed by atoms with Crippen LogP contribution in [-0.4, -0.2) is 17.7 Å². The molecule has 3 nitrogen and oxygen atoms in total. The normalized spacial score (nSPS) is 10.1. The van der Waals surface area contributed by atoms with Gasteiger partial charge in [-0.25, -0.2) is 4.79 Å². The minimum absolute atomic E-state index is 0.374. The van der Waals surface area contributed by atoms with E-state index < -0.39 is 12.6 Å². The highest BCUT2D eigenvalue weighted by Crippen LogP contribution is 2.30. The average molecular weight is 263 g/mol. The number of carboxylic acid groups (broad SMARTS) is 1. The smallest absolute Gasteiger partial charge is 0.341 e. The third-order valence-corrected chi connectivity index (χ3v) is 2.69. The second-order valence-corrected chi connectivity index (χ2v) is 4.10. The predicted octanol–water partition coefficient (Wildman–Crippen LogP) is 3.47. The van der Waals surface area contributed by atoms with E-state index in [0.29, 0.717) is 10.8 Å². The van der Waals surface area contributed by atoms with E-state index >= 15 is 0 Å². The number of halogens is 1. The third kappa shape index (κ3) is 3.02. The number of benzene rings is 2. The van der Waals surface area contributed by atoms with Gasteiger partial charge in [-0.1, -0.05) is 48.0 Å². The molecular weight excluding hydrogens is 252 g/mol. The van der Waals surface area contributed by atoms with Crippen molar-refractivity contribution in [3.8, 4) is 16.9 Å². The molecule has 0 fully saturated rings. The lowest BCUT2D eigenvalue weighted by atomic mass is 10.1. The minimum Gasteiger partial charge on any atom is -0.480 e. The lowest BCUT2D eigenvalue weighted by molar-refractivity contribution is -0.139. The molecule has 0 aliphatic carbocycles. The van der Waals surface area contributed by atoms with E-state index in [0.717, 1.165) is 11.1 Å². The molecule has 92 valence electrons. The van der Waals surface area contributed by atoms with Crippen LogP contribution in [0.4, 0.5) is 0 Å². The van der Waals surface area contributed by atoms with Gasteiger partial charge in [0.25, 0.3) is 0 Å². The van der Waals surface area contributed by atoms with Gasteiger partial charge in [0.2, 0.25) is 0 Å². The molecule has 0 saturated heterocycles. The van der Waals surface area contributed by atoms with Gasteiger partial charge in [-0.2, -0.15) is 0 Å². The largest absolute Gasteiger partial charge is 0.480 e. The van der Waals surface area contributed by atoms with E-state index in [-0.39, 0.29) is 0 Å². The highest BCUT2D eigenvalue weighted by Gasteiger charge is 2.06. The van der Waals surface area contributed by atoms with Gasteiger partial charge in [0.1, 0.15) is 5.75 Å². The van der Waals surface area contributed by atoms with E-state index in [1.807, 2.05) is 36.4 Å². The Morgan fingerprint density at radius 2 is 1.83 bits per heavy atom. The fourth-order valence-corrected chi connectivity index (χ4v) is 1.80. The molecule has 0 atom stereocenters. The van der Waals surface area contributed by atoms with Crippen LogP contribution in [0.25, 0.3) is 11.1 Å². The molecule has 0 aliphatic heterocycles. The third-order valence-electron chi connectivity index (χ3n) is 2.39. The maximum absolute atomic E-state index is 10.4. The lowest BCUT2D eigenvalue weighted by Crippen LogP contribution is -2.09. The van der Waals surface area contributed by atoms with Gasteiger partial charge in [0.05, 0.1) is 5.02 Å². The Hall–Kier alpha value is -2.00. The highest BCUT2D eigenvalue weighted by molar-refractivity contribution is 6.32. The molecule has 0 spiro atoms. The molecule has 0 radical (unpaired) electrons. The van der Waals surface area contributed by atoms with E-state index in [9.17, 15) is 4.79 Å². The Labute approximate surface area is 110 Å². The standard InChI is InChI=1S/C14H11ClO3/c15-12-8-11(10-4-2-1-3-5-10)6-7-13(12)18-9-14(16)17/h1-8H,9H2,(H,16,17). The van der Waals surface area contributed by atoms with Crippen molar-refractivity contribution in [2.45, 2.75) is 0 Å². The van der Waals surface area contributed by atoms with Crippen LogP contribution in [0.5, 0.6) is 5.75 Å². The first-order valence-corrected chi connectivity index (χ1v) is 5.74. The Kier molecular flexibility index (Phi) is 3.85. The summed E-state index contributed by atoms with van der Waals surface area (Å²) in [6.45, 7) is -0.398. The summed E-state index contributed by atoms with van der Waals surface area (Å²) < 4.78 is 5.06. The van der Waals surface area contributed by atoms with Crippen LogP contribution in [0.2, 0.25) is 5.02 Å². The van der Waals surface area contributed by atoms with Gasteiger partial charge in [-0.3, -0.25) is 0 Å². The van der Waals surface area contributed by atoms with Crippen molar-refractivity contribution in [3.63, 3.8) is 0 Å². The first-order valence-electron chi connectivity index (χ1n) is 5.36. The van der Waals surface area contributed by atoms with Crippen LogP contribution in [0, 0.1) is 0 Å². The van der Waals surface area contributed by atoms with Crippen molar-refractivity contribution in [1.82, 2.24) is 0 Å². The number of aliphatic carboxylic acids is 1. The average Bonchev–Trinajstić information content (AvgIpc) is 2.38. The summed E-state index contributed by atoms with van der Waals surface area (Å²) in [5, 5.41) is 8.93. The quantitative estimate of drug-likeness (QED) is 0.918. The van der Waals surface area contributed by atoms with E-state index in [2.05, 4.69) is 0 Å². The molecule has 1 N–H and O–H groups in total. The Balaban J connectivity index is 2.22. The summed E-state index contributed by atoms with van der Waals surface area (Å²) in [6.07, 6.45) is 0. The summed E-state index contributed by atoms with van der Waals surface area (Å²) in [5.74, 6) is -0.656. The van der Waals surface area contributed by atoms with Crippen molar-refractivity contribution < 1.29 is 14.6 Å². The van der Waals surface area contributed by atoms with Gasteiger partial charge in [0.15, 0.2) is 6.61 Å². The van der Waals surface area contributed by atoms with E-state index in [1.54, 1.807) is 12.1 Å². The van der Waals surface area contributed by atoms with E-state index in [1.165, 1.54) is 0 Å². The van der Waals surface area contributed by atoms with Crippen molar-refractivity contribution in [2.75, 3.05) is 6.61 Å². The number of rotatable bonds is 4. The first-order chi connectivity index (χ1) is 8.66. The number of hydrogen-bond acceptors (Lipinski definition) is 2. The second-order valence-electron chi connectivity index (χ2n) is 3.69. The number of hydrogen-bond donors (Lipinski definition) is 1. The molecule has 2 aromatic rings. The van der Waals surface area contributed by atoms with Gasteiger partial charge in [0, 0.05) is 0 Å². The molecule has 4 heteroatoms. The molecule has 0 bridgehead atoms. The zero-order chi connectivity index (χ0) is 13.0. The number of carbonyl (C=O) groups is 1. The Morgan fingerprint density at radius 1 is 1.11 bits per heavy atom. The second kappa shape index (κ2) is 5.56. The zero-order valence-corrected chi connectivity index (χ0v) is 10.2. The summed E-state index contributed by atoms with van der Waals surface area (Å²) >= 11 is 6.04. The molecule has 0 aromatic heterocycles. The van der Waals surface area contributed by atoms with Crippen LogP contribution >= 0.6 is 11.6 Å². The van der Waals surface area contributed by atoms with Gasteiger partial charge in [-0.15, -0.1) is 0 Å². The van der Waals surface area contributed by atoms with Gasteiger partial charge >= 0.3 is 5.97 Å². The van der Waals surface area contributed by atoms with Gasteiger partial charge < -0.3 is 9.84 Å². The first kappa shape index (κ1) is 12.5. The maximum Gasteiger partial charge on any atom is 0.341 e. The summed E-state index contributed by atoms with van der Waals surface area (Å²) in [5.41, 5.74) is 2.01. The van der Waals surface area contributed by atoms with Crippen LogP contribution in [0.1, 0.15) is 0 Å². The lowest BCUT2D eigenvalue weighted by Gasteiger charge is -2.08. The molecule has 0 heterocycles. The predicted molar refractivity (Wildman–Crippen MR) is 70.0 cm³/mol. The molecule has 0 saturated carbocycles. The molecule has 18 heavy (non-hydrogen) atoms. The summed E-state index contributed by atoms with van der Waals surface area (Å²) in [7, 11) is 0. The molecule has 0 aliphatic rings. The Morgan fingerprint density at radius 3 is 2.44 bits per heavy atom. The van der Waals surface area contributed by atoms with Crippen molar-refractivity contribution in [3.05, 3.63) is 53.6 Å². The van der Waals surface area contributed by atoms with Crippen molar-refractivity contribution in [1.29, 1.82) is 0 Å². The zero-order valence-electron chi connectivity index (χ0n) is 9.47. The van der Waals surface area contributed by atoms with E-state index in [4.69, 9.17) is 21.4 Å². The molecular formula is C14H11ClO3. The number of carboxylic acids is 1. The fraction of sp³-hybridized carbons (Fsp3) is 0.0714. The SMILES string of the molecule is O=C(O)COc1ccc(-c2ccccc2)cc1Cl. The van der Waals surface area contributed by atoms with Crippen molar-refractivity contribution in [2.24, 2.45) is 0 Å². The molecule has 2 aromatic carbocycles. The summed E-state index contributed by atoms with van der Waals surface area (Å²) in [4.78, 5) is 10.4. The van der Waals surface area contributed by atoms with Crippen molar-refractivity contribution >= 4 is 17.6 Å². The van der Waals surface area contributed by atoms with Crippen LogP contribution in [0.3, 0.4) is 0 Å². The van der Waals surface area contributed by atoms with Gasteiger partial charge in [-0.05, 0) is 23.3 Å².